The van der Waals surface area contributed by atoms with E-state index in [9.17, 15) is 14.7 Å². The van der Waals surface area contributed by atoms with Crippen LogP contribution in [0.15, 0.2) is 48.1 Å². The number of alkyl halides is 1. The second-order valence-corrected chi connectivity index (χ2v) is 12.8. The van der Waals surface area contributed by atoms with E-state index in [0.717, 1.165) is 5.69 Å². The van der Waals surface area contributed by atoms with Gasteiger partial charge in [0.1, 0.15) is 12.2 Å². The van der Waals surface area contributed by atoms with Gasteiger partial charge in [0.2, 0.25) is 5.60 Å². The first-order chi connectivity index (χ1) is 18.4. The van der Waals surface area contributed by atoms with Crippen molar-refractivity contribution in [3.05, 3.63) is 53.1 Å². The molecule has 1 aliphatic heterocycles. The average molecular weight is 555 g/mol. The van der Waals surface area contributed by atoms with Gasteiger partial charge in [0.05, 0.1) is 18.3 Å². The third kappa shape index (κ3) is 3.27. The number of ether oxygens (including phenoxy) is 1. The zero-order valence-corrected chi connectivity index (χ0v) is 23.0. The van der Waals surface area contributed by atoms with Crippen LogP contribution in [0.3, 0.4) is 0 Å². The molecule has 4 aliphatic carbocycles. The van der Waals surface area contributed by atoms with Crippen LogP contribution in [0.2, 0.25) is 5.02 Å². The summed E-state index contributed by atoms with van der Waals surface area (Å²) in [6, 6.07) is 8.98. The van der Waals surface area contributed by atoms with Crippen LogP contribution in [0.5, 0.6) is 0 Å². The van der Waals surface area contributed by atoms with E-state index in [2.05, 4.69) is 0 Å². The van der Waals surface area contributed by atoms with Gasteiger partial charge in [0.15, 0.2) is 12.4 Å². The van der Waals surface area contributed by atoms with Crippen LogP contribution in [0, 0.1) is 45.3 Å². The molecule has 6 rings (SSSR count). The van der Waals surface area contributed by atoms with Gasteiger partial charge in [-0.05, 0) is 73.1 Å². The van der Waals surface area contributed by atoms with Crippen LogP contribution < -0.4 is 5.06 Å². The van der Waals surface area contributed by atoms with E-state index >= 15 is 4.39 Å². The Morgan fingerprint density at radius 1 is 1.26 bits per heavy atom. The number of halogens is 2. The van der Waals surface area contributed by atoms with E-state index in [1.807, 2.05) is 39.0 Å². The number of nitrogens with zero attached hydrogens (tertiary/aromatic N) is 2. The number of ketones is 1. The number of carbonyl (C=O) groups is 2. The van der Waals surface area contributed by atoms with Crippen molar-refractivity contribution in [2.24, 2.45) is 34.0 Å². The van der Waals surface area contributed by atoms with Crippen LogP contribution in [0.1, 0.15) is 40.0 Å². The van der Waals surface area contributed by atoms with Crippen molar-refractivity contribution in [1.82, 2.24) is 0 Å². The molecular weight excluding hydrogens is 523 g/mol. The maximum atomic E-state index is 15.9. The summed E-state index contributed by atoms with van der Waals surface area (Å²) in [5.41, 5.74) is -2.84. The van der Waals surface area contributed by atoms with E-state index in [1.165, 1.54) is 12.2 Å². The number of nitriles is 1. The fraction of sp³-hybridized carbons (Fsp3) is 0.567. The molecule has 206 valence electrons. The highest BCUT2D eigenvalue weighted by Gasteiger charge is 2.79. The molecule has 0 spiro atoms. The molecule has 1 heterocycles. The van der Waals surface area contributed by atoms with E-state index in [1.54, 1.807) is 23.3 Å². The fourth-order valence-corrected chi connectivity index (χ4v) is 9.08. The Hall–Kier alpha value is -2.73. The molecule has 9 unspecified atom stereocenters. The highest BCUT2D eigenvalue weighted by molar-refractivity contribution is 6.30. The first-order valence-electron chi connectivity index (χ1n) is 13.5. The normalized spacial score (nSPS) is 44.0. The Balaban J connectivity index is 1.44. The highest BCUT2D eigenvalue weighted by Crippen LogP contribution is 2.74. The molecule has 0 aromatic heterocycles. The van der Waals surface area contributed by atoms with Gasteiger partial charge in [-0.1, -0.05) is 38.4 Å². The van der Waals surface area contributed by atoms with Gasteiger partial charge in [-0.25, -0.2) is 9.18 Å². The van der Waals surface area contributed by atoms with E-state index < -0.39 is 46.7 Å². The zero-order valence-electron chi connectivity index (χ0n) is 22.2. The molecule has 0 amide bonds. The number of hydroxylamine groups is 1. The number of benzene rings is 1. The lowest BCUT2D eigenvalue weighted by Gasteiger charge is -2.65. The summed E-state index contributed by atoms with van der Waals surface area (Å²) in [7, 11) is 0. The molecule has 9 heteroatoms. The number of aliphatic hydroxyl groups is 1. The number of aliphatic hydroxyl groups excluding tert-OH is 1. The summed E-state index contributed by atoms with van der Waals surface area (Å²) in [5, 5.41) is 23.4. The summed E-state index contributed by atoms with van der Waals surface area (Å²) >= 11 is 6.09. The first-order valence-corrected chi connectivity index (χ1v) is 13.8. The highest BCUT2D eigenvalue weighted by atomic mass is 35.5. The van der Waals surface area contributed by atoms with Crippen molar-refractivity contribution in [3.8, 4) is 6.07 Å². The number of hydrogen-bond donors (Lipinski definition) is 1. The van der Waals surface area contributed by atoms with Gasteiger partial charge >= 0.3 is 5.97 Å². The van der Waals surface area contributed by atoms with Crippen LogP contribution in [-0.4, -0.2) is 47.9 Å². The molecule has 0 bridgehead atoms. The Morgan fingerprint density at radius 3 is 2.67 bits per heavy atom. The van der Waals surface area contributed by atoms with Crippen molar-refractivity contribution in [3.63, 3.8) is 0 Å². The molecule has 1 saturated heterocycles. The van der Waals surface area contributed by atoms with E-state index in [0.29, 0.717) is 23.6 Å². The summed E-state index contributed by atoms with van der Waals surface area (Å²) in [4.78, 5) is 32.7. The third-order valence-electron chi connectivity index (χ3n) is 11.1. The Bertz CT molecular complexity index is 1340. The summed E-state index contributed by atoms with van der Waals surface area (Å²) in [5.74, 6) is -1.64. The van der Waals surface area contributed by atoms with Gasteiger partial charge in [-0.3, -0.25) is 14.7 Å². The number of esters is 1. The lowest BCUT2D eigenvalue weighted by molar-refractivity contribution is -0.227. The quantitative estimate of drug-likeness (QED) is 0.539. The molecule has 4 fully saturated rings. The van der Waals surface area contributed by atoms with Gasteiger partial charge in [-0.15, -0.1) is 0 Å². The van der Waals surface area contributed by atoms with Crippen LogP contribution in [-0.2, 0) is 19.2 Å². The Labute approximate surface area is 232 Å². The molecule has 1 N–H and O–H groups in total. The molecular formula is C30H32ClFN2O5. The van der Waals surface area contributed by atoms with Gasteiger partial charge < -0.3 is 9.84 Å². The standard InChI is InChI=1S/C30H32ClFN2O5/c1-27-9-8-20(35)13-23(27)24(32)14-22-21-12-17-16-34(19-6-4-18(31)5-7-19)39-30(17,26(37)38-11-10-33)28(21,2)15-25(36)29(22,27)3/h4-9,13,17,21-22,24-25,36H,11-12,14-16H2,1-3H3. The summed E-state index contributed by atoms with van der Waals surface area (Å²) < 4.78 is 21.3. The Morgan fingerprint density at radius 2 is 1.97 bits per heavy atom. The lowest BCUT2D eigenvalue weighted by atomic mass is 9.39. The second-order valence-electron chi connectivity index (χ2n) is 12.4. The van der Waals surface area contributed by atoms with Crippen LogP contribution >= 0.6 is 11.6 Å². The summed E-state index contributed by atoms with van der Waals surface area (Å²) in [6.07, 6.45) is 3.30. The van der Waals surface area contributed by atoms with E-state index in [4.69, 9.17) is 26.4 Å². The molecule has 39 heavy (non-hydrogen) atoms. The number of carbonyl (C=O) groups excluding carboxylic acids is 2. The van der Waals surface area contributed by atoms with Crippen molar-refractivity contribution < 1.29 is 28.7 Å². The van der Waals surface area contributed by atoms with Crippen molar-refractivity contribution in [2.75, 3.05) is 18.2 Å². The maximum absolute atomic E-state index is 15.9. The van der Waals surface area contributed by atoms with Crippen molar-refractivity contribution in [1.29, 1.82) is 5.26 Å². The molecule has 9 atom stereocenters. The zero-order chi connectivity index (χ0) is 28.0. The second kappa shape index (κ2) is 8.63. The number of hydrogen-bond acceptors (Lipinski definition) is 7. The molecule has 0 radical (unpaired) electrons. The smallest absolute Gasteiger partial charge is 0.343 e. The lowest BCUT2D eigenvalue weighted by Crippen LogP contribution is -2.68. The minimum absolute atomic E-state index is 0.146. The van der Waals surface area contributed by atoms with Crippen LogP contribution in [0.25, 0.3) is 0 Å². The molecule has 5 aliphatic rings. The number of rotatable bonds is 3. The molecule has 3 saturated carbocycles. The largest absolute Gasteiger partial charge is 0.448 e. The monoisotopic (exact) mass is 554 g/mol. The fourth-order valence-electron chi connectivity index (χ4n) is 8.96. The topological polar surface area (TPSA) is 99.9 Å². The number of allylic oxidation sites excluding steroid dienone is 4. The average Bonchev–Trinajstić information content (AvgIpc) is 3.39. The number of anilines is 1. The first kappa shape index (κ1) is 26.5. The molecule has 1 aromatic rings. The van der Waals surface area contributed by atoms with Crippen molar-refractivity contribution >= 4 is 29.0 Å². The third-order valence-corrected chi connectivity index (χ3v) is 11.3. The van der Waals surface area contributed by atoms with Crippen LogP contribution in [0.4, 0.5) is 10.1 Å². The number of fused-ring (bicyclic) bond motifs is 7. The minimum Gasteiger partial charge on any atom is -0.448 e. The predicted octanol–water partition coefficient (Wildman–Crippen LogP) is 4.74. The molecule has 1 aromatic carbocycles. The van der Waals surface area contributed by atoms with Gasteiger partial charge in [-0.2, -0.15) is 5.26 Å². The minimum atomic E-state index is -1.46. The van der Waals surface area contributed by atoms with Gasteiger partial charge in [0.25, 0.3) is 0 Å². The maximum Gasteiger partial charge on any atom is 0.343 e. The van der Waals surface area contributed by atoms with Gasteiger partial charge in [0, 0.05) is 27.2 Å². The molecule has 7 nitrogen and oxygen atoms in total. The SMILES string of the molecule is CC12C=CC(=O)C=C1C(F)CC1C3CC4CN(c5ccc(Cl)cc5)OC4(C(=O)OCC#N)C3(C)CC(O)C12C. The summed E-state index contributed by atoms with van der Waals surface area (Å²) in [6.45, 7) is 5.83. The van der Waals surface area contributed by atoms with Crippen molar-refractivity contribution in [2.45, 2.75) is 57.9 Å². The predicted molar refractivity (Wildman–Crippen MR) is 141 cm³/mol. The Kier molecular flexibility index (Phi) is 5.86. The van der Waals surface area contributed by atoms with E-state index in [-0.39, 0.29) is 36.4 Å².